The number of hydrogen-bond acceptors (Lipinski definition) is 1. The molecule has 0 saturated carbocycles. The van der Waals surface area contributed by atoms with Crippen LogP contribution in [-0.2, 0) is 5.41 Å². The first-order chi connectivity index (χ1) is 20.9. The van der Waals surface area contributed by atoms with Crippen LogP contribution >= 0.6 is 11.3 Å². The van der Waals surface area contributed by atoms with Crippen LogP contribution in [0.5, 0.6) is 0 Å². The molecule has 0 spiro atoms. The lowest BCUT2D eigenvalue weighted by Crippen LogP contribution is -2.11. The summed E-state index contributed by atoms with van der Waals surface area (Å²) in [5.41, 5.74) is 11.4. The fourth-order valence-corrected chi connectivity index (χ4v) is 7.77. The van der Waals surface area contributed by atoms with Crippen molar-refractivity contribution in [3.8, 4) is 27.9 Å². The summed E-state index contributed by atoms with van der Waals surface area (Å²) in [6, 6.07) is 47.4. The van der Waals surface area contributed by atoms with Gasteiger partial charge in [-0.05, 0) is 76.6 Å². The number of fused-ring (bicyclic) bond motifs is 6. The third-order valence-corrected chi connectivity index (χ3v) is 9.96. The van der Waals surface area contributed by atoms with Crippen molar-refractivity contribution in [2.45, 2.75) is 33.1 Å². The van der Waals surface area contributed by atoms with E-state index in [0.717, 1.165) is 0 Å². The molecule has 0 fully saturated rings. The Kier molecular flexibility index (Phi) is 5.86. The van der Waals surface area contributed by atoms with Gasteiger partial charge in [0.2, 0.25) is 0 Å². The van der Waals surface area contributed by atoms with Crippen molar-refractivity contribution >= 4 is 53.3 Å². The molecule has 8 aromatic rings. The monoisotopic (exact) mass is 571 g/mol. The van der Waals surface area contributed by atoms with Gasteiger partial charge >= 0.3 is 0 Å². The quantitative estimate of drug-likeness (QED) is 0.199. The maximum absolute atomic E-state index is 2.49. The number of hydrogen-bond donors (Lipinski definition) is 0. The summed E-state index contributed by atoms with van der Waals surface area (Å²) in [7, 11) is 0. The van der Waals surface area contributed by atoms with Gasteiger partial charge in [0, 0.05) is 36.5 Å². The van der Waals surface area contributed by atoms with E-state index in [1.54, 1.807) is 0 Å². The average Bonchev–Trinajstić information content (AvgIpc) is 3.55. The van der Waals surface area contributed by atoms with Crippen LogP contribution in [0.1, 0.15) is 31.9 Å². The van der Waals surface area contributed by atoms with E-state index in [1.165, 1.54) is 81.0 Å². The molecule has 208 valence electrons. The van der Waals surface area contributed by atoms with Crippen molar-refractivity contribution in [2.75, 3.05) is 0 Å². The van der Waals surface area contributed by atoms with Crippen LogP contribution in [0.2, 0.25) is 0 Å². The fraction of sp³-hybridized carbons (Fsp3) is 0.122. The van der Waals surface area contributed by atoms with Gasteiger partial charge < -0.3 is 4.57 Å². The van der Waals surface area contributed by atoms with E-state index < -0.39 is 0 Å². The standard InChI is InChI=1S/C41H33NS/c1-26-19-21-32-33-22-20-29(41(2,3)4)25-37(33)42(36(32)23-26)35-16-7-5-13-30(35)27-11-9-12-28(24-27)31-15-10-18-39-40(31)34-14-6-8-17-38(34)43-39/h5-25H,1-4H3. The molecule has 0 atom stereocenters. The highest BCUT2D eigenvalue weighted by Crippen LogP contribution is 2.42. The molecule has 0 bridgehead atoms. The molecule has 2 heteroatoms. The Bertz CT molecular complexity index is 2340. The van der Waals surface area contributed by atoms with E-state index in [-0.39, 0.29) is 5.41 Å². The van der Waals surface area contributed by atoms with Crippen molar-refractivity contribution < 1.29 is 0 Å². The van der Waals surface area contributed by atoms with Crippen LogP contribution in [0.15, 0.2) is 127 Å². The van der Waals surface area contributed by atoms with Crippen LogP contribution in [0, 0.1) is 6.92 Å². The first-order valence-corrected chi connectivity index (χ1v) is 15.8. The largest absolute Gasteiger partial charge is 0.309 e. The highest BCUT2D eigenvalue weighted by Gasteiger charge is 2.20. The average molecular weight is 572 g/mol. The number of thiophene rings is 1. The van der Waals surface area contributed by atoms with E-state index in [0.29, 0.717) is 0 Å². The highest BCUT2D eigenvalue weighted by atomic mass is 32.1. The summed E-state index contributed by atoms with van der Waals surface area (Å²) in [5.74, 6) is 0. The van der Waals surface area contributed by atoms with Crippen molar-refractivity contribution in [3.05, 3.63) is 139 Å². The van der Waals surface area contributed by atoms with Gasteiger partial charge in [-0.15, -0.1) is 11.3 Å². The van der Waals surface area contributed by atoms with Gasteiger partial charge in [0.1, 0.15) is 0 Å². The molecule has 2 heterocycles. The summed E-state index contributed by atoms with van der Waals surface area (Å²) in [5, 5.41) is 5.27. The smallest absolute Gasteiger partial charge is 0.0544 e. The van der Waals surface area contributed by atoms with Crippen molar-refractivity contribution in [3.63, 3.8) is 0 Å². The summed E-state index contributed by atoms with van der Waals surface area (Å²) in [6.07, 6.45) is 0. The second kappa shape index (κ2) is 9.69. The summed E-state index contributed by atoms with van der Waals surface area (Å²) >= 11 is 1.87. The predicted molar refractivity (Wildman–Crippen MR) is 188 cm³/mol. The molecule has 2 aromatic heterocycles. The van der Waals surface area contributed by atoms with Crippen LogP contribution in [0.3, 0.4) is 0 Å². The van der Waals surface area contributed by atoms with Gasteiger partial charge in [0.05, 0.1) is 16.7 Å². The number of rotatable bonds is 3. The molecule has 8 rings (SSSR count). The van der Waals surface area contributed by atoms with Gasteiger partial charge in [-0.2, -0.15) is 0 Å². The van der Waals surface area contributed by atoms with E-state index in [9.17, 15) is 0 Å². The van der Waals surface area contributed by atoms with Gasteiger partial charge in [0.15, 0.2) is 0 Å². The lowest BCUT2D eigenvalue weighted by molar-refractivity contribution is 0.591. The second-order valence-electron chi connectivity index (χ2n) is 12.7. The molecule has 0 aliphatic carbocycles. The lowest BCUT2D eigenvalue weighted by Gasteiger charge is -2.20. The predicted octanol–water partition coefficient (Wildman–Crippen LogP) is 12.1. The summed E-state index contributed by atoms with van der Waals surface area (Å²) in [4.78, 5) is 0. The Balaban J connectivity index is 1.38. The molecule has 0 N–H and O–H groups in total. The molecule has 6 aromatic carbocycles. The normalized spacial score (nSPS) is 12.2. The first-order valence-electron chi connectivity index (χ1n) is 15.0. The molecule has 0 unspecified atom stereocenters. The van der Waals surface area contributed by atoms with Gasteiger partial charge in [0.25, 0.3) is 0 Å². The van der Waals surface area contributed by atoms with E-state index in [4.69, 9.17) is 0 Å². The summed E-state index contributed by atoms with van der Waals surface area (Å²) < 4.78 is 5.16. The van der Waals surface area contributed by atoms with Crippen LogP contribution in [-0.4, -0.2) is 4.57 Å². The van der Waals surface area contributed by atoms with Crippen LogP contribution in [0.25, 0.3) is 69.9 Å². The molecular weight excluding hydrogens is 539 g/mol. The Labute approximate surface area is 256 Å². The van der Waals surface area contributed by atoms with Gasteiger partial charge in [-0.1, -0.05) is 112 Å². The molecule has 0 aliphatic heterocycles. The summed E-state index contributed by atoms with van der Waals surface area (Å²) in [6.45, 7) is 9.07. The van der Waals surface area contributed by atoms with Gasteiger partial charge in [-0.3, -0.25) is 0 Å². The molecule has 0 radical (unpaired) electrons. The number of aromatic nitrogens is 1. The molecular formula is C41H33NS. The van der Waals surface area contributed by atoms with Crippen molar-refractivity contribution in [1.82, 2.24) is 4.57 Å². The minimum absolute atomic E-state index is 0.0616. The third-order valence-electron chi connectivity index (χ3n) is 8.82. The SMILES string of the molecule is Cc1ccc2c3ccc(C(C)(C)C)cc3n(-c3ccccc3-c3cccc(-c4cccc5sc6ccccc6c45)c3)c2c1. The number of aryl methyl sites for hydroxylation is 1. The van der Waals surface area contributed by atoms with Crippen molar-refractivity contribution in [1.29, 1.82) is 0 Å². The minimum atomic E-state index is 0.0616. The maximum atomic E-state index is 2.49. The number of para-hydroxylation sites is 1. The molecule has 1 nitrogen and oxygen atoms in total. The topological polar surface area (TPSA) is 4.93 Å². The zero-order valence-corrected chi connectivity index (χ0v) is 25.8. The lowest BCUT2D eigenvalue weighted by atomic mass is 9.86. The third kappa shape index (κ3) is 4.20. The van der Waals surface area contributed by atoms with Crippen LogP contribution in [0.4, 0.5) is 0 Å². The fourth-order valence-electron chi connectivity index (χ4n) is 6.64. The molecule has 0 aliphatic rings. The minimum Gasteiger partial charge on any atom is -0.309 e. The van der Waals surface area contributed by atoms with Crippen LogP contribution < -0.4 is 0 Å². The van der Waals surface area contributed by atoms with Gasteiger partial charge in [-0.25, -0.2) is 0 Å². The zero-order chi connectivity index (χ0) is 29.3. The van der Waals surface area contributed by atoms with E-state index in [1.807, 2.05) is 11.3 Å². The Morgan fingerprint density at radius 1 is 0.535 bits per heavy atom. The molecule has 0 saturated heterocycles. The zero-order valence-electron chi connectivity index (χ0n) is 25.0. The Morgan fingerprint density at radius 2 is 1.19 bits per heavy atom. The van der Waals surface area contributed by atoms with Crippen molar-refractivity contribution in [2.24, 2.45) is 0 Å². The Morgan fingerprint density at radius 3 is 2.02 bits per heavy atom. The first kappa shape index (κ1) is 26.0. The number of nitrogens with zero attached hydrogens (tertiary/aromatic N) is 1. The molecule has 0 amide bonds. The van der Waals surface area contributed by atoms with E-state index >= 15 is 0 Å². The maximum Gasteiger partial charge on any atom is 0.0544 e. The van der Waals surface area contributed by atoms with E-state index in [2.05, 4.69) is 160 Å². The highest BCUT2D eigenvalue weighted by molar-refractivity contribution is 7.25. The second-order valence-corrected chi connectivity index (χ2v) is 13.8. The Hall–Kier alpha value is -4.66. The number of benzene rings is 6. The molecule has 43 heavy (non-hydrogen) atoms.